The van der Waals surface area contributed by atoms with Gasteiger partial charge in [-0.1, -0.05) is 77.9 Å². The van der Waals surface area contributed by atoms with Gasteiger partial charge in [0.1, 0.15) is 23.6 Å². The third-order valence-electron chi connectivity index (χ3n) is 6.41. The molecule has 1 unspecified atom stereocenters. The van der Waals surface area contributed by atoms with Gasteiger partial charge in [0, 0.05) is 20.5 Å². The molecule has 2 aromatic carbocycles. The third kappa shape index (κ3) is 11.7. The molecule has 242 valence electrons. The van der Waals surface area contributed by atoms with Gasteiger partial charge in [0.05, 0.1) is 6.42 Å². The number of hydrogen-bond acceptors (Lipinski definition) is 7. The Morgan fingerprint density at radius 3 is 1.66 bits per heavy atom. The summed E-state index contributed by atoms with van der Waals surface area (Å²) in [5.41, 5.74) is -1.03. The predicted molar refractivity (Wildman–Crippen MR) is 170 cm³/mol. The van der Waals surface area contributed by atoms with Crippen molar-refractivity contribution in [2.45, 2.75) is 79.2 Å². The number of carbonyl (C=O) groups is 4. The van der Waals surface area contributed by atoms with E-state index in [-0.39, 0.29) is 35.7 Å². The lowest BCUT2D eigenvalue weighted by molar-refractivity contribution is -0.137. The third-order valence-corrected chi connectivity index (χ3v) is 8.42. The number of para-hydroxylation sites is 2. The lowest BCUT2D eigenvalue weighted by Crippen LogP contribution is -2.59. The molecule has 44 heavy (non-hydrogen) atoms. The van der Waals surface area contributed by atoms with Gasteiger partial charge in [-0.25, -0.2) is 4.57 Å². The Morgan fingerprint density at radius 1 is 0.773 bits per heavy atom. The highest BCUT2D eigenvalue weighted by molar-refractivity contribution is 7.55. The van der Waals surface area contributed by atoms with Crippen LogP contribution in [0.5, 0.6) is 11.5 Å². The summed E-state index contributed by atoms with van der Waals surface area (Å²) >= 11 is 0. The summed E-state index contributed by atoms with van der Waals surface area (Å²) in [4.78, 5) is 54.0. The summed E-state index contributed by atoms with van der Waals surface area (Å²) in [5, 5.41) is 8.08. The maximum absolute atomic E-state index is 14.2. The predicted octanol–water partition coefficient (Wildman–Crippen LogP) is 4.73. The van der Waals surface area contributed by atoms with Gasteiger partial charge in [-0.05, 0) is 42.0 Å². The van der Waals surface area contributed by atoms with Crippen molar-refractivity contribution in [1.82, 2.24) is 20.9 Å². The fourth-order valence-electron chi connectivity index (χ4n) is 4.01. The molecule has 0 spiro atoms. The summed E-state index contributed by atoms with van der Waals surface area (Å²) in [6, 6.07) is 14.4. The second kappa shape index (κ2) is 15.2. The number of rotatable bonds is 13. The summed E-state index contributed by atoms with van der Waals surface area (Å²) in [6.07, 6.45) is -0.195. The second-order valence-corrected chi connectivity index (χ2v) is 15.4. The molecule has 0 saturated carbocycles. The van der Waals surface area contributed by atoms with Gasteiger partial charge < -0.3 is 29.9 Å². The Labute approximate surface area is 261 Å². The van der Waals surface area contributed by atoms with E-state index < -0.39 is 48.6 Å². The van der Waals surface area contributed by atoms with Crippen molar-refractivity contribution in [2.24, 2.45) is 10.8 Å². The number of hydrogen-bond donors (Lipinski definition) is 3. The highest BCUT2D eigenvalue weighted by Gasteiger charge is 2.40. The minimum Gasteiger partial charge on any atom is -0.415 e. The topological polar surface area (TPSA) is 143 Å². The Balaban J connectivity index is 2.35. The molecular formula is C32H47N4O7P. The zero-order valence-corrected chi connectivity index (χ0v) is 28.1. The van der Waals surface area contributed by atoms with Crippen LogP contribution in [0.3, 0.4) is 0 Å². The maximum atomic E-state index is 14.2. The smallest absolute Gasteiger partial charge is 0.415 e. The molecule has 0 aliphatic heterocycles. The van der Waals surface area contributed by atoms with E-state index in [4.69, 9.17) is 9.05 Å². The normalized spacial score (nSPS) is 13.9. The molecule has 3 atom stereocenters. The molecule has 0 aromatic heterocycles. The van der Waals surface area contributed by atoms with Crippen LogP contribution in [-0.2, 0) is 23.7 Å². The fourth-order valence-corrected chi connectivity index (χ4v) is 5.48. The van der Waals surface area contributed by atoms with Crippen molar-refractivity contribution < 1.29 is 32.8 Å². The molecular weight excluding hydrogens is 583 g/mol. The van der Waals surface area contributed by atoms with E-state index in [1.807, 2.05) is 20.8 Å². The average Bonchev–Trinajstić information content (AvgIpc) is 2.90. The molecule has 4 amide bonds. The van der Waals surface area contributed by atoms with Crippen molar-refractivity contribution >= 4 is 31.2 Å². The van der Waals surface area contributed by atoms with E-state index in [0.717, 1.165) is 0 Å². The number of nitrogens with zero attached hydrogens (tertiary/aromatic N) is 1. The highest BCUT2D eigenvalue weighted by atomic mass is 31.2. The van der Waals surface area contributed by atoms with Crippen molar-refractivity contribution in [2.75, 3.05) is 14.1 Å². The van der Waals surface area contributed by atoms with Gasteiger partial charge >= 0.3 is 7.60 Å². The van der Waals surface area contributed by atoms with Crippen molar-refractivity contribution in [3.05, 3.63) is 60.7 Å². The molecule has 0 bridgehead atoms. The minimum atomic E-state index is -4.12. The number of carbonyl (C=O) groups excluding carboxylic acids is 4. The molecule has 0 fully saturated rings. The van der Waals surface area contributed by atoms with Gasteiger partial charge in [-0.15, -0.1) is 0 Å². The molecule has 0 heterocycles. The molecule has 0 aliphatic carbocycles. The minimum absolute atomic E-state index is 0.186. The van der Waals surface area contributed by atoms with Crippen LogP contribution in [0.1, 0.15) is 61.3 Å². The average molecular weight is 631 g/mol. The van der Waals surface area contributed by atoms with Crippen molar-refractivity contribution in [3.8, 4) is 11.5 Å². The second-order valence-electron chi connectivity index (χ2n) is 13.2. The van der Waals surface area contributed by atoms with Crippen LogP contribution >= 0.6 is 7.60 Å². The molecule has 3 N–H and O–H groups in total. The number of amides is 4. The van der Waals surface area contributed by atoms with Gasteiger partial charge in [0.2, 0.25) is 23.6 Å². The molecule has 2 rings (SSSR count). The SMILES string of the molecule is CC(NC(=O)[C@H](CC(=O)N(C)C)NC(=O)[C@@H](NC(=O)CC(C)(C)C)C(C)(C)C)P(=O)(Oc1ccccc1)Oc1ccccc1. The van der Waals surface area contributed by atoms with Crippen LogP contribution in [0.4, 0.5) is 0 Å². The summed E-state index contributed by atoms with van der Waals surface area (Å²) < 4.78 is 25.8. The molecule has 12 heteroatoms. The first-order chi connectivity index (χ1) is 20.3. The van der Waals surface area contributed by atoms with Gasteiger partial charge in [0.25, 0.3) is 0 Å². The highest BCUT2D eigenvalue weighted by Crippen LogP contribution is 2.51. The van der Waals surface area contributed by atoms with Crippen LogP contribution in [0.2, 0.25) is 0 Å². The number of nitrogens with one attached hydrogen (secondary N) is 3. The summed E-state index contributed by atoms with van der Waals surface area (Å²) in [7, 11) is -1.06. The van der Waals surface area contributed by atoms with Gasteiger partial charge in [0.15, 0.2) is 5.78 Å². The zero-order valence-electron chi connectivity index (χ0n) is 27.2. The molecule has 0 radical (unpaired) electrons. The lowest BCUT2D eigenvalue weighted by Gasteiger charge is -2.33. The van der Waals surface area contributed by atoms with Crippen molar-refractivity contribution in [3.63, 3.8) is 0 Å². The lowest BCUT2D eigenvalue weighted by atomic mass is 9.85. The van der Waals surface area contributed by atoms with Gasteiger partial charge in [-0.2, -0.15) is 0 Å². The first-order valence-corrected chi connectivity index (χ1v) is 16.1. The van der Waals surface area contributed by atoms with Crippen LogP contribution in [0.15, 0.2) is 60.7 Å². The van der Waals surface area contributed by atoms with E-state index in [1.165, 1.54) is 25.9 Å². The Bertz CT molecular complexity index is 1280. The van der Waals surface area contributed by atoms with E-state index in [9.17, 15) is 23.7 Å². The maximum Gasteiger partial charge on any atom is 0.452 e. The van der Waals surface area contributed by atoms with Crippen LogP contribution in [-0.4, -0.2) is 60.5 Å². The fraction of sp³-hybridized carbons (Fsp3) is 0.500. The monoisotopic (exact) mass is 630 g/mol. The van der Waals surface area contributed by atoms with E-state index in [2.05, 4.69) is 16.0 Å². The standard InChI is InChI=1S/C32H47N4O7P/c1-22(44(41,42-23-16-12-10-13-17-23)43-24-18-14-11-15-19-24)33-29(39)25(20-27(38)36(8)9)34-30(40)28(32(5,6)7)35-26(37)21-31(2,3)4/h10-19,22,25,28H,20-21H2,1-9H3,(H,33,39)(H,34,40)(H,35,37)/t22?,25-,28+/m0/s1. The first kappa shape index (κ1) is 36.3. The van der Waals surface area contributed by atoms with E-state index in [1.54, 1.807) is 81.4 Å². The summed E-state index contributed by atoms with van der Waals surface area (Å²) in [5.74, 6) is -2.82. The Hall–Kier alpha value is -3.85. The van der Waals surface area contributed by atoms with Crippen LogP contribution in [0.25, 0.3) is 0 Å². The van der Waals surface area contributed by atoms with E-state index >= 15 is 0 Å². The molecule has 2 aromatic rings. The summed E-state index contributed by atoms with van der Waals surface area (Å²) in [6.45, 7) is 12.6. The quantitative estimate of drug-likeness (QED) is 0.272. The molecule has 0 aliphatic rings. The van der Waals surface area contributed by atoms with Gasteiger partial charge in [-0.3, -0.25) is 19.2 Å². The zero-order chi connectivity index (χ0) is 33.3. The van der Waals surface area contributed by atoms with E-state index in [0.29, 0.717) is 0 Å². The molecule has 11 nitrogen and oxygen atoms in total. The largest absolute Gasteiger partial charge is 0.452 e. The Kier molecular flexibility index (Phi) is 12.6. The molecule has 0 saturated heterocycles. The van der Waals surface area contributed by atoms with Crippen LogP contribution in [0, 0.1) is 10.8 Å². The number of benzene rings is 2. The van der Waals surface area contributed by atoms with Crippen LogP contribution < -0.4 is 25.0 Å². The van der Waals surface area contributed by atoms with Crippen molar-refractivity contribution in [1.29, 1.82) is 0 Å². The Morgan fingerprint density at radius 2 is 1.25 bits per heavy atom. The first-order valence-electron chi connectivity index (χ1n) is 14.5.